The van der Waals surface area contributed by atoms with Crippen LogP contribution >= 0.6 is 0 Å². The number of nitrogens with two attached hydrogens (primary N) is 1. The van der Waals surface area contributed by atoms with Gasteiger partial charge in [-0.25, -0.2) is 0 Å². The Morgan fingerprint density at radius 3 is 2.55 bits per heavy atom. The van der Waals surface area contributed by atoms with Crippen LogP contribution in [0.3, 0.4) is 0 Å². The molecular weight excluding hydrogens is 246 g/mol. The Kier molecular flexibility index (Phi) is 5.19. The van der Waals surface area contributed by atoms with Gasteiger partial charge in [0.15, 0.2) is 0 Å². The zero-order valence-corrected chi connectivity index (χ0v) is 12.3. The van der Waals surface area contributed by atoms with Crippen molar-refractivity contribution in [1.82, 2.24) is 0 Å². The Morgan fingerprint density at radius 2 is 1.85 bits per heavy atom. The average Bonchev–Trinajstić information content (AvgIpc) is 2.47. The molecule has 0 aliphatic heterocycles. The quantitative estimate of drug-likeness (QED) is 0.871. The van der Waals surface area contributed by atoms with E-state index in [1.54, 1.807) is 0 Å². The van der Waals surface area contributed by atoms with Gasteiger partial charge in [-0.2, -0.15) is 0 Å². The highest BCUT2D eigenvalue weighted by Gasteiger charge is 2.06. The largest absolute Gasteiger partial charge is 0.492 e. The van der Waals surface area contributed by atoms with Gasteiger partial charge in [-0.1, -0.05) is 43.3 Å². The van der Waals surface area contributed by atoms with Crippen LogP contribution in [0.2, 0.25) is 0 Å². The van der Waals surface area contributed by atoms with Gasteiger partial charge in [0.2, 0.25) is 0 Å². The second-order valence-electron chi connectivity index (χ2n) is 5.20. The summed E-state index contributed by atoms with van der Waals surface area (Å²) in [6.45, 7) is 4.83. The van der Waals surface area contributed by atoms with Gasteiger partial charge in [-0.05, 0) is 48.6 Å². The topological polar surface area (TPSA) is 35.2 Å². The minimum absolute atomic E-state index is 0.0174. The molecule has 0 saturated carbocycles. The fourth-order valence-electron chi connectivity index (χ4n) is 2.30. The Bertz CT molecular complexity index is 536. The van der Waals surface area contributed by atoms with Crippen LogP contribution in [-0.4, -0.2) is 12.6 Å². The third-order valence-corrected chi connectivity index (χ3v) is 3.51. The third kappa shape index (κ3) is 4.10. The van der Waals surface area contributed by atoms with E-state index in [-0.39, 0.29) is 6.04 Å². The highest BCUT2D eigenvalue weighted by molar-refractivity contribution is 5.34. The summed E-state index contributed by atoms with van der Waals surface area (Å²) >= 11 is 0. The first-order valence-electron chi connectivity index (χ1n) is 7.21. The maximum atomic E-state index is 6.13. The molecule has 0 aromatic heterocycles. The zero-order valence-electron chi connectivity index (χ0n) is 12.3. The predicted molar refractivity (Wildman–Crippen MR) is 84.2 cm³/mol. The molecule has 1 unspecified atom stereocenters. The van der Waals surface area contributed by atoms with Crippen molar-refractivity contribution in [2.75, 3.05) is 6.61 Å². The number of hydrogen-bond acceptors (Lipinski definition) is 2. The summed E-state index contributed by atoms with van der Waals surface area (Å²) in [7, 11) is 0. The van der Waals surface area contributed by atoms with Crippen molar-refractivity contribution in [2.24, 2.45) is 5.73 Å². The summed E-state index contributed by atoms with van der Waals surface area (Å²) in [6.07, 6.45) is 1.87. The van der Waals surface area contributed by atoms with Crippen molar-refractivity contribution >= 4 is 0 Å². The van der Waals surface area contributed by atoms with Crippen LogP contribution in [0.4, 0.5) is 0 Å². The Labute approximate surface area is 121 Å². The fraction of sp³-hybridized carbons (Fsp3) is 0.333. The van der Waals surface area contributed by atoms with Gasteiger partial charge in [-0.3, -0.25) is 0 Å². The Hall–Kier alpha value is -1.80. The Balaban J connectivity index is 1.88. The second kappa shape index (κ2) is 7.11. The van der Waals surface area contributed by atoms with E-state index in [4.69, 9.17) is 10.5 Å². The smallest absolute Gasteiger partial charge is 0.119 e. The molecule has 2 aromatic rings. The van der Waals surface area contributed by atoms with E-state index < -0.39 is 0 Å². The number of hydrogen-bond donors (Lipinski definition) is 1. The van der Waals surface area contributed by atoms with E-state index >= 15 is 0 Å². The van der Waals surface area contributed by atoms with Crippen LogP contribution in [0.25, 0.3) is 0 Å². The standard InChI is InChI=1S/C18H23NO/c1-3-16-12-18(10-9-14(16)2)20-13-17(19)11-15-7-5-4-6-8-15/h4-10,12,17H,3,11,13,19H2,1-2H3. The van der Waals surface area contributed by atoms with Crippen molar-refractivity contribution in [3.05, 3.63) is 65.2 Å². The molecule has 0 amide bonds. The molecule has 1 atom stereocenters. The van der Waals surface area contributed by atoms with Crippen molar-refractivity contribution in [2.45, 2.75) is 32.7 Å². The van der Waals surface area contributed by atoms with Crippen LogP contribution in [0.5, 0.6) is 5.75 Å². The summed E-state index contributed by atoms with van der Waals surface area (Å²) in [4.78, 5) is 0. The second-order valence-corrected chi connectivity index (χ2v) is 5.20. The van der Waals surface area contributed by atoms with Gasteiger partial charge in [0, 0.05) is 6.04 Å². The zero-order chi connectivity index (χ0) is 14.4. The lowest BCUT2D eigenvalue weighted by molar-refractivity contribution is 0.287. The molecule has 0 aliphatic rings. The molecule has 106 valence electrons. The average molecular weight is 269 g/mol. The van der Waals surface area contributed by atoms with E-state index in [1.807, 2.05) is 24.3 Å². The lowest BCUT2D eigenvalue weighted by Gasteiger charge is -2.14. The number of ether oxygens (including phenoxy) is 1. The SMILES string of the molecule is CCc1cc(OCC(N)Cc2ccccc2)ccc1C. The molecule has 0 aliphatic carbocycles. The minimum atomic E-state index is 0.0174. The third-order valence-electron chi connectivity index (χ3n) is 3.51. The van der Waals surface area contributed by atoms with Gasteiger partial charge in [0.1, 0.15) is 12.4 Å². The normalized spacial score (nSPS) is 12.2. The molecule has 2 heteroatoms. The molecule has 2 nitrogen and oxygen atoms in total. The molecule has 0 bridgehead atoms. The van der Waals surface area contributed by atoms with Crippen molar-refractivity contribution in [1.29, 1.82) is 0 Å². The van der Waals surface area contributed by atoms with Gasteiger partial charge in [0.25, 0.3) is 0 Å². The van der Waals surface area contributed by atoms with E-state index in [0.717, 1.165) is 18.6 Å². The molecule has 2 aromatic carbocycles. The molecule has 0 spiro atoms. The molecule has 20 heavy (non-hydrogen) atoms. The van der Waals surface area contributed by atoms with Gasteiger partial charge >= 0.3 is 0 Å². The maximum absolute atomic E-state index is 6.13. The summed E-state index contributed by atoms with van der Waals surface area (Å²) in [5, 5.41) is 0. The first-order valence-corrected chi connectivity index (χ1v) is 7.21. The summed E-state index contributed by atoms with van der Waals surface area (Å²) in [5.41, 5.74) is 10.0. The van der Waals surface area contributed by atoms with Crippen molar-refractivity contribution < 1.29 is 4.74 Å². The highest BCUT2D eigenvalue weighted by Crippen LogP contribution is 2.18. The fourth-order valence-corrected chi connectivity index (χ4v) is 2.30. The van der Waals surface area contributed by atoms with Crippen LogP contribution in [0.1, 0.15) is 23.6 Å². The van der Waals surface area contributed by atoms with E-state index in [1.165, 1.54) is 16.7 Å². The highest BCUT2D eigenvalue weighted by atomic mass is 16.5. The molecule has 0 saturated heterocycles. The lowest BCUT2D eigenvalue weighted by Crippen LogP contribution is -2.30. The number of benzene rings is 2. The van der Waals surface area contributed by atoms with E-state index in [2.05, 4.69) is 38.1 Å². The van der Waals surface area contributed by atoms with Crippen LogP contribution in [0.15, 0.2) is 48.5 Å². The molecular formula is C18H23NO. The van der Waals surface area contributed by atoms with Gasteiger partial charge < -0.3 is 10.5 Å². The number of aryl methyl sites for hydroxylation is 2. The van der Waals surface area contributed by atoms with Crippen LogP contribution in [0, 0.1) is 6.92 Å². The van der Waals surface area contributed by atoms with Gasteiger partial charge in [-0.15, -0.1) is 0 Å². The minimum Gasteiger partial charge on any atom is -0.492 e. The summed E-state index contributed by atoms with van der Waals surface area (Å²) in [6, 6.07) is 16.5. The molecule has 2 rings (SSSR count). The predicted octanol–water partition coefficient (Wildman–Crippen LogP) is 3.51. The van der Waals surface area contributed by atoms with Crippen LogP contribution in [-0.2, 0) is 12.8 Å². The van der Waals surface area contributed by atoms with Gasteiger partial charge in [0.05, 0.1) is 0 Å². The molecule has 0 heterocycles. The number of rotatable bonds is 6. The molecule has 0 fully saturated rings. The maximum Gasteiger partial charge on any atom is 0.119 e. The first-order chi connectivity index (χ1) is 9.69. The van der Waals surface area contributed by atoms with Crippen LogP contribution < -0.4 is 10.5 Å². The lowest BCUT2D eigenvalue weighted by atomic mass is 10.1. The Morgan fingerprint density at radius 1 is 1.10 bits per heavy atom. The summed E-state index contributed by atoms with van der Waals surface area (Å²) in [5.74, 6) is 0.913. The van der Waals surface area contributed by atoms with Crippen molar-refractivity contribution in [3.63, 3.8) is 0 Å². The monoisotopic (exact) mass is 269 g/mol. The molecule has 2 N–H and O–H groups in total. The molecule has 0 radical (unpaired) electrons. The van der Waals surface area contributed by atoms with E-state index in [9.17, 15) is 0 Å². The summed E-state index contributed by atoms with van der Waals surface area (Å²) < 4.78 is 5.81. The van der Waals surface area contributed by atoms with Crippen molar-refractivity contribution in [3.8, 4) is 5.75 Å². The first kappa shape index (κ1) is 14.6. The van der Waals surface area contributed by atoms with E-state index in [0.29, 0.717) is 6.61 Å².